The molecule has 0 atom stereocenters. The Kier molecular flexibility index (Phi) is 7.50. The fraction of sp³-hybridized carbons (Fsp3) is 0.867. The van der Waals surface area contributed by atoms with E-state index >= 15 is 0 Å². The SMILES string of the molecule is CCNC(=NCC(=O)N(C)C)NCCN(C(C)C)C1CC1. The predicted molar refractivity (Wildman–Crippen MR) is 87.5 cm³/mol. The first-order valence-corrected chi connectivity index (χ1v) is 7.93. The van der Waals surface area contributed by atoms with E-state index in [1.54, 1.807) is 19.0 Å². The largest absolute Gasteiger partial charge is 0.357 e. The van der Waals surface area contributed by atoms with Crippen LogP contribution in [0.15, 0.2) is 4.99 Å². The molecule has 1 aliphatic carbocycles. The van der Waals surface area contributed by atoms with Gasteiger partial charge in [0.1, 0.15) is 6.54 Å². The Balaban J connectivity index is 2.39. The van der Waals surface area contributed by atoms with Crippen molar-refractivity contribution < 1.29 is 4.79 Å². The van der Waals surface area contributed by atoms with E-state index in [2.05, 4.69) is 34.4 Å². The van der Waals surface area contributed by atoms with Crippen LogP contribution in [0.3, 0.4) is 0 Å². The summed E-state index contributed by atoms with van der Waals surface area (Å²) >= 11 is 0. The third kappa shape index (κ3) is 6.80. The Morgan fingerprint density at radius 3 is 2.43 bits per heavy atom. The second kappa shape index (κ2) is 8.87. The maximum Gasteiger partial charge on any atom is 0.243 e. The molecule has 0 aromatic heterocycles. The van der Waals surface area contributed by atoms with Crippen LogP contribution in [0.1, 0.15) is 33.6 Å². The molecule has 2 N–H and O–H groups in total. The number of rotatable bonds is 8. The normalized spacial score (nSPS) is 15.5. The second-order valence-electron chi connectivity index (χ2n) is 5.97. The lowest BCUT2D eigenvalue weighted by Crippen LogP contribution is -2.44. The van der Waals surface area contributed by atoms with E-state index in [-0.39, 0.29) is 12.5 Å². The zero-order valence-electron chi connectivity index (χ0n) is 14.1. The first kappa shape index (κ1) is 17.8. The van der Waals surface area contributed by atoms with Crippen LogP contribution in [0, 0.1) is 0 Å². The van der Waals surface area contributed by atoms with Gasteiger partial charge < -0.3 is 15.5 Å². The van der Waals surface area contributed by atoms with Gasteiger partial charge in [0, 0.05) is 45.8 Å². The zero-order valence-corrected chi connectivity index (χ0v) is 14.1. The summed E-state index contributed by atoms with van der Waals surface area (Å²) in [5, 5.41) is 6.48. The molecule has 6 heteroatoms. The van der Waals surface area contributed by atoms with Gasteiger partial charge in [0.25, 0.3) is 0 Å². The van der Waals surface area contributed by atoms with Crippen LogP contribution in [0.25, 0.3) is 0 Å². The van der Waals surface area contributed by atoms with Gasteiger partial charge in [-0.1, -0.05) is 0 Å². The van der Waals surface area contributed by atoms with Gasteiger partial charge in [-0.25, -0.2) is 4.99 Å². The molecule has 122 valence electrons. The van der Waals surface area contributed by atoms with Crippen molar-refractivity contribution in [2.45, 2.75) is 45.7 Å². The van der Waals surface area contributed by atoms with Crippen molar-refractivity contribution in [2.24, 2.45) is 4.99 Å². The minimum absolute atomic E-state index is 0.00832. The summed E-state index contributed by atoms with van der Waals surface area (Å²) < 4.78 is 0. The van der Waals surface area contributed by atoms with Gasteiger partial charge in [-0.15, -0.1) is 0 Å². The third-order valence-electron chi connectivity index (χ3n) is 3.56. The summed E-state index contributed by atoms with van der Waals surface area (Å²) in [6.07, 6.45) is 2.65. The molecule has 0 saturated heterocycles. The standard InChI is InChI=1S/C15H31N5O/c1-6-16-15(18-11-14(21)19(4)5)17-9-10-20(12(2)3)13-7-8-13/h12-13H,6-11H2,1-5H3,(H2,16,17,18). The van der Waals surface area contributed by atoms with Crippen molar-refractivity contribution >= 4 is 11.9 Å². The molecule has 0 heterocycles. The summed E-state index contributed by atoms with van der Waals surface area (Å²) in [5.74, 6) is 0.723. The fourth-order valence-electron chi connectivity index (χ4n) is 2.20. The molecule has 0 spiro atoms. The minimum atomic E-state index is 0.00832. The lowest BCUT2D eigenvalue weighted by atomic mass is 10.3. The molecule has 0 aromatic carbocycles. The maximum absolute atomic E-state index is 11.6. The van der Waals surface area contributed by atoms with Crippen LogP contribution >= 0.6 is 0 Å². The average molecular weight is 297 g/mol. The number of carbonyl (C=O) groups is 1. The molecule has 21 heavy (non-hydrogen) atoms. The number of likely N-dealkylation sites (N-methyl/N-ethyl adjacent to an activating group) is 1. The van der Waals surface area contributed by atoms with Crippen molar-refractivity contribution in [1.29, 1.82) is 0 Å². The zero-order chi connectivity index (χ0) is 15.8. The lowest BCUT2D eigenvalue weighted by Gasteiger charge is -2.26. The molecule has 0 radical (unpaired) electrons. The molecule has 0 aromatic rings. The highest BCUT2D eigenvalue weighted by atomic mass is 16.2. The van der Waals surface area contributed by atoms with E-state index < -0.39 is 0 Å². The van der Waals surface area contributed by atoms with Crippen LogP contribution < -0.4 is 10.6 Å². The molecular weight excluding hydrogens is 266 g/mol. The second-order valence-corrected chi connectivity index (χ2v) is 5.97. The van der Waals surface area contributed by atoms with E-state index in [0.29, 0.717) is 12.0 Å². The van der Waals surface area contributed by atoms with E-state index in [0.717, 1.165) is 25.7 Å². The predicted octanol–water partition coefficient (Wildman–Crippen LogP) is 0.503. The Morgan fingerprint density at radius 2 is 1.95 bits per heavy atom. The van der Waals surface area contributed by atoms with Gasteiger partial charge in [-0.05, 0) is 33.6 Å². The Hall–Kier alpha value is -1.30. The van der Waals surface area contributed by atoms with Gasteiger partial charge in [-0.3, -0.25) is 9.69 Å². The first-order valence-electron chi connectivity index (χ1n) is 7.93. The average Bonchev–Trinajstić information content (AvgIpc) is 3.24. The number of amides is 1. The Labute approximate surface area is 129 Å². The Bertz CT molecular complexity index is 348. The van der Waals surface area contributed by atoms with Crippen molar-refractivity contribution in [3.8, 4) is 0 Å². The molecule has 0 aliphatic heterocycles. The van der Waals surface area contributed by atoms with E-state index in [1.807, 2.05) is 6.92 Å². The summed E-state index contributed by atoms with van der Waals surface area (Å²) in [4.78, 5) is 20.0. The van der Waals surface area contributed by atoms with Crippen LogP contribution in [-0.2, 0) is 4.79 Å². The number of carbonyl (C=O) groups excluding carboxylic acids is 1. The van der Waals surface area contributed by atoms with Gasteiger partial charge in [0.15, 0.2) is 5.96 Å². The molecule has 1 fully saturated rings. The number of hydrogen-bond acceptors (Lipinski definition) is 3. The number of aliphatic imine (C=N–C) groups is 1. The highest BCUT2D eigenvalue weighted by Crippen LogP contribution is 2.27. The van der Waals surface area contributed by atoms with E-state index in [9.17, 15) is 4.79 Å². The minimum Gasteiger partial charge on any atom is -0.357 e. The lowest BCUT2D eigenvalue weighted by molar-refractivity contribution is -0.127. The van der Waals surface area contributed by atoms with Crippen molar-refractivity contribution in [3.63, 3.8) is 0 Å². The smallest absolute Gasteiger partial charge is 0.243 e. The summed E-state index contributed by atoms with van der Waals surface area (Å²) in [6, 6.07) is 1.34. The molecule has 1 aliphatic rings. The molecule has 0 unspecified atom stereocenters. The number of hydrogen-bond donors (Lipinski definition) is 2. The van der Waals surface area contributed by atoms with Crippen molar-refractivity contribution in [2.75, 3.05) is 40.3 Å². The topological polar surface area (TPSA) is 60.0 Å². The molecule has 1 amide bonds. The monoisotopic (exact) mass is 297 g/mol. The molecule has 6 nitrogen and oxygen atoms in total. The molecular formula is C15H31N5O. The first-order chi connectivity index (χ1) is 9.95. The Morgan fingerprint density at radius 1 is 1.29 bits per heavy atom. The summed E-state index contributed by atoms with van der Waals surface area (Å²) in [7, 11) is 3.49. The van der Waals surface area contributed by atoms with Gasteiger partial charge in [-0.2, -0.15) is 0 Å². The maximum atomic E-state index is 11.6. The third-order valence-corrected chi connectivity index (χ3v) is 3.56. The van der Waals surface area contributed by atoms with Crippen LogP contribution in [0.5, 0.6) is 0 Å². The van der Waals surface area contributed by atoms with Crippen LogP contribution in [0.2, 0.25) is 0 Å². The number of nitrogens with zero attached hydrogens (tertiary/aromatic N) is 3. The van der Waals surface area contributed by atoms with E-state index in [4.69, 9.17) is 0 Å². The van der Waals surface area contributed by atoms with Crippen LogP contribution in [0.4, 0.5) is 0 Å². The van der Waals surface area contributed by atoms with Crippen molar-refractivity contribution in [3.05, 3.63) is 0 Å². The van der Waals surface area contributed by atoms with Crippen molar-refractivity contribution in [1.82, 2.24) is 20.4 Å². The van der Waals surface area contributed by atoms with Gasteiger partial charge >= 0.3 is 0 Å². The molecule has 0 bridgehead atoms. The highest BCUT2D eigenvalue weighted by molar-refractivity contribution is 5.84. The number of nitrogens with one attached hydrogen (secondary N) is 2. The molecule has 1 rings (SSSR count). The quantitative estimate of drug-likeness (QED) is 0.506. The van der Waals surface area contributed by atoms with Gasteiger partial charge in [0.2, 0.25) is 5.91 Å². The summed E-state index contributed by atoms with van der Waals surface area (Å²) in [6.45, 7) is 9.33. The van der Waals surface area contributed by atoms with Gasteiger partial charge in [0.05, 0.1) is 0 Å². The molecule has 1 saturated carbocycles. The highest BCUT2D eigenvalue weighted by Gasteiger charge is 2.30. The van der Waals surface area contributed by atoms with E-state index in [1.165, 1.54) is 12.8 Å². The summed E-state index contributed by atoms with van der Waals surface area (Å²) in [5.41, 5.74) is 0. The van der Waals surface area contributed by atoms with Crippen LogP contribution in [-0.4, -0.2) is 74.0 Å². The number of guanidine groups is 1. The fourth-order valence-corrected chi connectivity index (χ4v) is 2.20.